The van der Waals surface area contributed by atoms with E-state index < -0.39 is 15.3 Å². The van der Waals surface area contributed by atoms with Gasteiger partial charge in [-0.2, -0.15) is 0 Å². The van der Waals surface area contributed by atoms with Crippen molar-refractivity contribution in [1.29, 1.82) is 0 Å². The number of aromatic nitrogens is 6. The number of nitrogens with two attached hydrogens (primary N) is 1. The molecule has 0 amide bonds. The Balaban J connectivity index is 1.84. The smallest absolute Gasteiger partial charge is 0.223 e. The molecule has 206 valence electrons. The zero-order valence-corrected chi connectivity index (χ0v) is 23.1. The molecular weight excluding hydrogens is 534 g/mol. The topological polar surface area (TPSA) is 157 Å². The second kappa shape index (κ2) is 10.9. The Morgan fingerprint density at radius 3 is 2.25 bits per heavy atom. The lowest BCUT2D eigenvalue weighted by atomic mass is 10.2. The van der Waals surface area contributed by atoms with Crippen LogP contribution in [0.4, 0.5) is 0 Å². The van der Waals surface area contributed by atoms with Gasteiger partial charge in [0, 0.05) is 12.3 Å². The van der Waals surface area contributed by atoms with Crippen LogP contribution in [0.5, 0.6) is 17.4 Å². The van der Waals surface area contributed by atoms with Crippen molar-refractivity contribution in [2.75, 3.05) is 20.8 Å². The van der Waals surface area contributed by atoms with E-state index in [0.29, 0.717) is 41.2 Å². The fourth-order valence-electron chi connectivity index (χ4n) is 4.32. The maximum absolute atomic E-state index is 12.8. The number of fused-ring (bicyclic) bond motifs is 1. The summed E-state index contributed by atoms with van der Waals surface area (Å²) in [5.74, 6) is 1.68. The molecule has 1 unspecified atom stereocenters. The Kier molecular flexibility index (Phi) is 7.32. The average Bonchev–Trinajstić information content (AvgIpc) is 3.32. The number of hydrogen-bond acceptors (Lipinski definition) is 10. The molecule has 0 spiro atoms. The molecule has 0 aliphatic rings. The molecule has 0 aliphatic carbocycles. The van der Waals surface area contributed by atoms with Crippen LogP contribution in [-0.4, -0.2) is 58.7 Å². The fourth-order valence-corrected chi connectivity index (χ4v) is 5.24. The third kappa shape index (κ3) is 5.03. The highest BCUT2D eigenvalue weighted by Gasteiger charge is 2.31. The van der Waals surface area contributed by atoms with Crippen LogP contribution in [0.2, 0.25) is 0 Å². The molecule has 0 radical (unpaired) electrons. The van der Waals surface area contributed by atoms with Gasteiger partial charge < -0.3 is 14.2 Å². The van der Waals surface area contributed by atoms with Gasteiger partial charge in [-0.1, -0.05) is 18.2 Å². The summed E-state index contributed by atoms with van der Waals surface area (Å²) >= 11 is 0. The molecule has 1 atom stereocenters. The fraction of sp³-hybridized carbons (Fsp3) is 0.222. The first kappa shape index (κ1) is 27.0. The highest BCUT2D eigenvalue weighted by atomic mass is 32.2. The number of para-hydroxylation sites is 1. The van der Waals surface area contributed by atoms with Gasteiger partial charge in [-0.15, -0.1) is 0 Å². The van der Waals surface area contributed by atoms with Crippen LogP contribution in [0.15, 0.2) is 60.9 Å². The van der Waals surface area contributed by atoms with E-state index >= 15 is 0 Å². The van der Waals surface area contributed by atoms with Gasteiger partial charge >= 0.3 is 0 Å². The molecule has 4 aromatic heterocycles. The molecule has 5 aromatic rings. The van der Waals surface area contributed by atoms with E-state index in [1.54, 1.807) is 59.3 Å². The third-order valence-corrected chi connectivity index (χ3v) is 7.20. The summed E-state index contributed by atoms with van der Waals surface area (Å²) in [6.45, 7) is 4.15. The summed E-state index contributed by atoms with van der Waals surface area (Å²) in [6, 6.07) is 14.0. The normalized spacial score (nSPS) is 12.3. The Morgan fingerprint density at radius 2 is 1.62 bits per heavy atom. The van der Waals surface area contributed by atoms with E-state index in [-0.39, 0.29) is 22.7 Å². The van der Waals surface area contributed by atoms with Crippen LogP contribution < -0.4 is 19.3 Å². The minimum atomic E-state index is -4.19. The largest absolute Gasteiger partial charge is 0.494 e. The zero-order valence-electron chi connectivity index (χ0n) is 22.3. The summed E-state index contributed by atoms with van der Waals surface area (Å²) in [5, 5.41) is 4.32. The Bertz CT molecular complexity index is 1770. The van der Waals surface area contributed by atoms with Gasteiger partial charge in [0.1, 0.15) is 22.9 Å². The molecule has 1 aromatic carbocycles. The lowest BCUT2D eigenvalue weighted by Gasteiger charge is -2.17. The van der Waals surface area contributed by atoms with Crippen molar-refractivity contribution >= 4 is 21.3 Å². The quantitative estimate of drug-likeness (QED) is 0.283. The maximum atomic E-state index is 12.8. The molecule has 4 heterocycles. The number of imidazole rings is 1. The standard InChI is InChI=1S/C27H27N7O5S/c1-5-39-22-11-6-8-18(31-22)26-33-25-27(34(26)23-20(37-3)9-7-10-21(23)38-4)32-19(15-30-25)24(40(28,35)36)17-13-12-16(2)14-29-17/h6-15,24H,5H2,1-4H3,(H2,28,35,36). The zero-order chi connectivity index (χ0) is 28.4. The number of benzene rings is 1. The van der Waals surface area contributed by atoms with E-state index in [4.69, 9.17) is 29.3 Å². The van der Waals surface area contributed by atoms with Crippen LogP contribution in [0.3, 0.4) is 0 Å². The van der Waals surface area contributed by atoms with Crippen LogP contribution in [0, 0.1) is 6.92 Å². The van der Waals surface area contributed by atoms with Crippen molar-refractivity contribution in [3.05, 3.63) is 77.9 Å². The predicted molar refractivity (Wildman–Crippen MR) is 148 cm³/mol. The van der Waals surface area contributed by atoms with Crippen molar-refractivity contribution in [2.24, 2.45) is 5.14 Å². The number of hydrogen-bond donors (Lipinski definition) is 1. The van der Waals surface area contributed by atoms with E-state index in [2.05, 4.69) is 15.0 Å². The SMILES string of the molecule is CCOc1cccc(-c2nc3ncc(C(c4ccc(C)cn4)S(N)(=O)=O)nc3n2-c2c(OC)cccc2OC)n1. The number of aryl methyl sites for hydroxylation is 1. The number of methoxy groups -OCH3 is 2. The van der Waals surface area contributed by atoms with Crippen molar-refractivity contribution in [1.82, 2.24) is 29.5 Å². The number of primary sulfonamides is 1. The minimum Gasteiger partial charge on any atom is -0.494 e. The van der Waals surface area contributed by atoms with Crippen LogP contribution in [0.25, 0.3) is 28.5 Å². The van der Waals surface area contributed by atoms with Crippen molar-refractivity contribution in [2.45, 2.75) is 19.1 Å². The number of sulfonamides is 1. The monoisotopic (exact) mass is 561 g/mol. The predicted octanol–water partition coefficient (Wildman–Crippen LogP) is 3.37. The molecule has 40 heavy (non-hydrogen) atoms. The van der Waals surface area contributed by atoms with Crippen molar-refractivity contribution < 1.29 is 22.6 Å². The molecule has 13 heteroatoms. The number of nitrogens with zero attached hydrogens (tertiary/aromatic N) is 6. The van der Waals surface area contributed by atoms with Gasteiger partial charge in [0.2, 0.25) is 15.9 Å². The van der Waals surface area contributed by atoms with Crippen LogP contribution in [-0.2, 0) is 10.0 Å². The second-order valence-electron chi connectivity index (χ2n) is 8.75. The molecule has 0 saturated carbocycles. The molecule has 5 rings (SSSR count). The summed E-state index contributed by atoms with van der Waals surface area (Å²) < 4.78 is 44.3. The van der Waals surface area contributed by atoms with Crippen LogP contribution >= 0.6 is 0 Å². The summed E-state index contributed by atoms with van der Waals surface area (Å²) in [5.41, 5.74) is 2.56. The molecule has 0 saturated heterocycles. The minimum absolute atomic E-state index is 0.0731. The maximum Gasteiger partial charge on any atom is 0.223 e. The van der Waals surface area contributed by atoms with Gasteiger partial charge in [-0.05, 0) is 43.7 Å². The van der Waals surface area contributed by atoms with Gasteiger partial charge in [0.15, 0.2) is 22.4 Å². The first-order valence-electron chi connectivity index (χ1n) is 12.3. The van der Waals surface area contributed by atoms with E-state index in [9.17, 15) is 8.42 Å². The van der Waals surface area contributed by atoms with E-state index in [1.165, 1.54) is 20.4 Å². The highest BCUT2D eigenvalue weighted by Crippen LogP contribution is 2.38. The first-order chi connectivity index (χ1) is 19.2. The van der Waals surface area contributed by atoms with Crippen molar-refractivity contribution in [3.8, 4) is 34.6 Å². The number of pyridine rings is 2. The Hall–Kier alpha value is -4.62. The lowest BCUT2D eigenvalue weighted by molar-refractivity contribution is 0.327. The molecule has 0 bridgehead atoms. The van der Waals surface area contributed by atoms with Gasteiger partial charge in [-0.3, -0.25) is 9.55 Å². The summed E-state index contributed by atoms with van der Waals surface area (Å²) in [4.78, 5) is 22.9. The molecular formula is C27H27N7O5S. The molecule has 0 aliphatic heterocycles. The van der Waals surface area contributed by atoms with Gasteiger partial charge in [0.25, 0.3) is 0 Å². The summed E-state index contributed by atoms with van der Waals surface area (Å²) in [7, 11) is -1.13. The van der Waals surface area contributed by atoms with Crippen molar-refractivity contribution in [3.63, 3.8) is 0 Å². The second-order valence-corrected chi connectivity index (χ2v) is 10.4. The molecule has 2 N–H and O–H groups in total. The van der Waals surface area contributed by atoms with Gasteiger partial charge in [-0.25, -0.2) is 33.5 Å². The lowest BCUT2D eigenvalue weighted by Crippen LogP contribution is -2.24. The van der Waals surface area contributed by atoms with E-state index in [1.807, 2.05) is 13.8 Å². The van der Waals surface area contributed by atoms with Gasteiger partial charge in [0.05, 0.1) is 38.4 Å². The first-order valence-corrected chi connectivity index (χ1v) is 13.9. The molecule has 0 fully saturated rings. The third-order valence-electron chi connectivity index (χ3n) is 6.06. The Morgan fingerprint density at radius 1 is 0.900 bits per heavy atom. The highest BCUT2D eigenvalue weighted by molar-refractivity contribution is 7.89. The van der Waals surface area contributed by atoms with Crippen LogP contribution in [0.1, 0.15) is 29.1 Å². The number of rotatable bonds is 9. The Labute approximate surface area is 230 Å². The average molecular weight is 562 g/mol. The summed E-state index contributed by atoms with van der Waals surface area (Å²) in [6.07, 6.45) is 2.90. The van der Waals surface area contributed by atoms with E-state index in [0.717, 1.165) is 5.56 Å². The number of ether oxygens (including phenoxy) is 3. The molecule has 12 nitrogen and oxygen atoms in total.